The standard InChI is InChI=1S/C13H20N2O2S/c1-10-4-2-6-12(8-10)15-18(16,17)13-7-3-5-11(14)9-13/h3,5,7,9-10,12,15H,2,4,6,8,14H2,1H3/t10-,12+/m1/s1. The molecular weight excluding hydrogens is 248 g/mol. The zero-order valence-corrected chi connectivity index (χ0v) is 11.4. The van der Waals surface area contributed by atoms with Gasteiger partial charge in [0.1, 0.15) is 0 Å². The fourth-order valence-electron chi connectivity index (χ4n) is 2.51. The molecule has 5 heteroatoms. The largest absolute Gasteiger partial charge is 0.399 e. The SMILES string of the molecule is C[C@@H]1CCC[C@H](NS(=O)(=O)c2cccc(N)c2)C1. The summed E-state index contributed by atoms with van der Waals surface area (Å²) in [6.45, 7) is 2.17. The summed E-state index contributed by atoms with van der Waals surface area (Å²) < 4.78 is 27.2. The van der Waals surface area contributed by atoms with E-state index in [0.29, 0.717) is 11.6 Å². The van der Waals surface area contributed by atoms with Crippen molar-refractivity contribution in [2.75, 3.05) is 5.73 Å². The zero-order valence-electron chi connectivity index (χ0n) is 10.6. The molecular formula is C13H20N2O2S. The summed E-state index contributed by atoms with van der Waals surface area (Å²) in [5.41, 5.74) is 6.09. The molecule has 100 valence electrons. The van der Waals surface area contributed by atoms with Crippen molar-refractivity contribution in [2.45, 2.75) is 43.5 Å². The fraction of sp³-hybridized carbons (Fsp3) is 0.538. The lowest BCUT2D eigenvalue weighted by Crippen LogP contribution is -2.37. The van der Waals surface area contributed by atoms with E-state index < -0.39 is 10.0 Å². The molecule has 4 nitrogen and oxygen atoms in total. The first-order valence-corrected chi connectivity index (χ1v) is 7.83. The highest BCUT2D eigenvalue weighted by molar-refractivity contribution is 7.89. The van der Waals surface area contributed by atoms with Crippen LogP contribution in [0.1, 0.15) is 32.6 Å². The molecule has 1 aliphatic rings. The van der Waals surface area contributed by atoms with Gasteiger partial charge < -0.3 is 5.73 Å². The predicted molar refractivity (Wildman–Crippen MR) is 72.6 cm³/mol. The molecule has 1 aromatic carbocycles. The Morgan fingerprint density at radius 1 is 1.33 bits per heavy atom. The van der Waals surface area contributed by atoms with Crippen LogP contribution >= 0.6 is 0 Å². The van der Waals surface area contributed by atoms with E-state index in [-0.39, 0.29) is 10.9 Å². The van der Waals surface area contributed by atoms with Crippen molar-refractivity contribution in [3.05, 3.63) is 24.3 Å². The van der Waals surface area contributed by atoms with Gasteiger partial charge in [-0.2, -0.15) is 0 Å². The van der Waals surface area contributed by atoms with E-state index in [1.54, 1.807) is 18.2 Å². The number of rotatable bonds is 3. The molecule has 0 radical (unpaired) electrons. The van der Waals surface area contributed by atoms with Gasteiger partial charge in [-0.15, -0.1) is 0 Å². The van der Waals surface area contributed by atoms with E-state index in [9.17, 15) is 8.42 Å². The van der Waals surface area contributed by atoms with Gasteiger partial charge in [-0.25, -0.2) is 13.1 Å². The van der Waals surface area contributed by atoms with Gasteiger partial charge in [0.05, 0.1) is 4.90 Å². The minimum absolute atomic E-state index is 0.0557. The second-order valence-electron chi connectivity index (χ2n) is 5.16. The molecule has 1 aromatic rings. The number of anilines is 1. The van der Waals surface area contributed by atoms with E-state index >= 15 is 0 Å². The molecule has 0 unspecified atom stereocenters. The molecule has 0 heterocycles. The van der Waals surface area contributed by atoms with Gasteiger partial charge >= 0.3 is 0 Å². The van der Waals surface area contributed by atoms with Crippen molar-refractivity contribution >= 4 is 15.7 Å². The van der Waals surface area contributed by atoms with Gasteiger partial charge in [0.15, 0.2) is 0 Å². The lowest BCUT2D eigenvalue weighted by Gasteiger charge is -2.27. The predicted octanol–water partition coefficient (Wildman–Crippen LogP) is 2.13. The molecule has 0 amide bonds. The zero-order chi connectivity index (χ0) is 13.2. The molecule has 0 saturated heterocycles. The summed E-state index contributed by atoms with van der Waals surface area (Å²) in [5, 5.41) is 0. The van der Waals surface area contributed by atoms with Crippen LogP contribution in [0.25, 0.3) is 0 Å². The van der Waals surface area contributed by atoms with Gasteiger partial charge in [-0.05, 0) is 37.0 Å². The molecule has 1 fully saturated rings. The van der Waals surface area contributed by atoms with Crippen LogP contribution in [0.15, 0.2) is 29.2 Å². The first kappa shape index (κ1) is 13.4. The number of nitrogens with one attached hydrogen (secondary N) is 1. The summed E-state index contributed by atoms with van der Waals surface area (Å²) in [7, 11) is -3.44. The maximum absolute atomic E-state index is 12.2. The third kappa shape index (κ3) is 3.23. The number of hydrogen-bond donors (Lipinski definition) is 2. The van der Waals surface area contributed by atoms with E-state index in [0.717, 1.165) is 19.3 Å². The normalized spacial score (nSPS) is 24.9. The summed E-state index contributed by atoms with van der Waals surface area (Å²) >= 11 is 0. The Bertz CT molecular complexity index is 513. The Morgan fingerprint density at radius 2 is 2.11 bits per heavy atom. The topological polar surface area (TPSA) is 72.2 Å². The second-order valence-corrected chi connectivity index (χ2v) is 6.88. The van der Waals surface area contributed by atoms with Gasteiger partial charge in [0.25, 0.3) is 0 Å². The Hall–Kier alpha value is -1.07. The molecule has 0 aliphatic heterocycles. The van der Waals surface area contributed by atoms with Crippen LogP contribution < -0.4 is 10.5 Å². The summed E-state index contributed by atoms with van der Waals surface area (Å²) in [6, 6.07) is 6.47. The van der Waals surface area contributed by atoms with Crippen LogP contribution in [0, 0.1) is 5.92 Å². The Labute approximate surface area is 109 Å². The molecule has 1 saturated carbocycles. The van der Waals surface area contributed by atoms with E-state index in [1.807, 2.05) is 0 Å². The number of nitrogen functional groups attached to an aromatic ring is 1. The van der Waals surface area contributed by atoms with Gasteiger partial charge in [0, 0.05) is 11.7 Å². The third-order valence-corrected chi connectivity index (χ3v) is 4.94. The minimum Gasteiger partial charge on any atom is -0.399 e. The van der Waals surface area contributed by atoms with Crippen LogP contribution in [0.2, 0.25) is 0 Å². The molecule has 18 heavy (non-hydrogen) atoms. The van der Waals surface area contributed by atoms with Crippen LogP contribution in [-0.2, 0) is 10.0 Å². The molecule has 0 aromatic heterocycles. The first-order chi connectivity index (χ1) is 8.47. The highest BCUT2D eigenvalue weighted by Gasteiger charge is 2.24. The Kier molecular flexibility index (Phi) is 3.92. The molecule has 3 N–H and O–H groups in total. The molecule has 2 atom stereocenters. The molecule has 0 spiro atoms. The van der Waals surface area contributed by atoms with Crippen molar-refractivity contribution < 1.29 is 8.42 Å². The number of hydrogen-bond acceptors (Lipinski definition) is 3. The highest BCUT2D eigenvalue weighted by Crippen LogP contribution is 2.25. The van der Waals surface area contributed by atoms with Gasteiger partial charge in [0.2, 0.25) is 10.0 Å². The minimum atomic E-state index is -3.44. The van der Waals surface area contributed by atoms with E-state index in [1.165, 1.54) is 12.5 Å². The van der Waals surface area contributed by atoms with Crippen LogP contribution in [0.5, 0.6) is 0 Å². The molecule has 0 bridgehead atoms. The summed E-state index contributed by atoms with van der Waals surface area (Å²) in [6.07, 6.45) is 4.12. The van der Waals surface area contributed by atoms with Crippen molar-refractivity contribution in [2.24, 2.45) is 5.92 Å². The summed E-state index contributed by atoms with van der Waals surface area (Å²) in [5.74, 6) is 0.590. The maximum Gasteiger partial charge on any atom is 0.240 e. The number of nitrogens with two attached hydrogens (primary N) is 1. The highest BCUT2D eigenvalue weighted by atomic mass is 32.2. The molecule has 2 rings (SSSR count). The average molecular weight is 268 g/mol. The van der Waals surface area contributed by atoms with E-state index in [4.69, 9.17) is 5.73 Å². The summed E-state index contributed by atoms with van der Waals surface area (Å²) in [4.78, 5) is 0.251. The fourth-order valence-corrected chi connectivity index (χ4v) is 3.85. The van der Waals surface area contributed by atoms with E-state index in [2.05, 4.69) is 11.6 Å². The Balaban J connectivity index is 2.12. The Morgan fingerprint density at radius 3 is 2.78 bits per heavy atom. The van der Waals surface area contributed by atoms with Crippen LogP contribution in [0.3, 0.4) is 0 Å². The monoisotopic (exact) mass is 268 g/mol. The van der Waals surface area contributed by atoms with Crippen molar-refractivity contribution in [1.82, 2.24) is 4.72 Å². The van der Waals surface area contributed by atoms with Gasteiger partial charge in [-0.3, -0.25) is 0 Å². The van der Waals surface area contributed by atoms with Crippen molar-refractivity contribution in [3.8, 4) is 0 Å². The maximum atomic E-state index is 12.2. The third-order valence-electron chi connectivity index (χ3n) is 3.43. The quantitative estimate of drug-likeness (QED) is 0.825. The number of benzene rings is 1. The second kappa shape index (κ2) is 5.28. The van der Waals surface area contributed by atoms with Crippen LogP contribution in [0.4, 0.5) is 5.69 Å². The first-order valence-electron chi connectivity index (χ1n) is 6.35. The van der Waals surface area contributed by atoms with Crippen molar-refractivity contribution in [1.29, 1.82) is 0 Å². The van der Waals surface area contributed by atoms with Crippen LogP contribution in [-0.4, -0.2) is 14.5 Å². The lowest BCUT2D eigenvalue weighted by molar-refractivity contribution is 0.327. The number of sulfonamides is 1. The smallest absolute Gasteiger partial charge is 0.240 e. The van der Waals surface area contributed by atoms with Gasteiger partial charge in [-0.1, -0.05) is 25.8 Å². The lowest BCUT2D eigenvalue weighted by atomic mass is 9.88. The molecule has 1 aliphatic carbocycles. The average Bonchev–Trinajstić information content (AvgIpc) is 2.28. The van der Waals surface area contributed by atoms with Crippen molar-refractivity contribution in [3.63, 3.8) is 0 Å².